The maximum absolute atomic E-state index is 12.0. The minimum absolute atomic E-state index is 0.0799. The van der Waals surface area contributed by atoms with Crippen LogP contribution in [0.4, 0.5) is 5.69 Å². The van der Waals surface area contributed by atoms with E-state index >= 15 is 0 Å². The summed E-state index contributed by atoms with van der Waals surface area (Å²) >= 11 is 0. The summed E-state index contributed by atoms with van der Waals surface area (Å²) in [7, 11) is 0. The average Bonchev–Trinajstić information content (AvgIpc) is 2.40. The molecule has 1 aromatic carbocycles. The molecule has 4 heteroatoms. The third kappa shape index (κ3) is 2.85. The molecule has 0 unspecified atom stereocenters. The monoisotopic (exact) mass is 241 g/mol. The number of rotatable bonds is 3. The topological polar surface area (TPSA) is 68.0 Å². The van der Waals surface area contributed by atoms with Crippen molar-refractivity contribution in [3.63, 3.8) is 0 Å². The molecule has 4 nitrogen and oxygen atoms in total. The van der Waals surface area contributed by atoms with Gasteiger partial charge in [-0.3, -0.25) is 9.78 Å². The zero-order chi connectivity index (χ0) is 13.0. The number of benzene rings is 1. The molecule has 0 aliphatic rings. The van der Waals surface area contributed by atoms with Gasteiger partial charge in [-0.05, 0) is 42.8 Å². The number of hydrogen-bond donors (Lipinski definition) is 2. The number of nitrogens with one attached hydrogen (secondary N) is 1. The highest BCUT2D eigenvalue weighted by molar-refractivity contribution is 5.94. The van der Waals surface area contributed by atoms with Gasteiger partial charge in [0.25, 0.3) is 5.91 Å². The van der Waals surface area contributed by atoms with Gasteiger partial charge in [0.1, 0.15) is 0 Å². The van der Waals surface area contributed by atoms with Crippen LogP contribution in [0.15, 0.2) is 48.8 Å². The summed E-state index contributed by atoms with van der Waals surface area (Å²) in [5.41, 5.74) is 7.79. The van der Waals surface area contributed by atoms with E-state index in [9.17, 15) is 4.79 Å². The molecular formula is C14H15N3O. The smallest absolute Gasteiger partial charge is 0.251 e. The SMILES string of the molecule is C[C@@H](NC(=O)c1ccc(N)cc1)c1cccnc1. The van der Waals surface area contributed by atoms with Crippen molar-refractivity contribution in [2.75, 3.05) is 5.73 Å². The van der Waals surface area contributed by atoms with Crippen LogP contribution in [0.2, 0.25) is 0 Å². The van der Waals surface area contributed by atoms with Crippen LogP contribution in [0.25, 0.3) is 0 Å². The molecule has 0 fully saturated rings. The molecular weight excluding hydrogens is 226 g/mol. The molecule has 2 aromatic rings. The molecule has 1 amide bonds. The van der Waals surface area contributed by atoms with Crippen LogP contribution in [-0.2, 0) is 0 Å². The summed E-state index contributed by atoms with van der Waals surface area (Å²) < 4.78 is 0. The summed E-state index contributed by atoms with van der Waals surface area (Å²) in [4.78, 5) is 16.0. The first kappa shape index (κ1) is 12.1. The Balaban J connectivity index is 2.06. The van der Waals surface area contributed by atoms with Gasteiger partial charge in [-0.25, -0.2) is 0 Å². The van der Waals surface area contributed by atoms with Gasteiger partial charge in [-0.1, -0.05) is 6.07 Å². The van der Waals surface area contributed by atoms with E-state index in [2.05, 4.69) is 10.3 Å². The van der Waals surface area contributed by atoms with E-state index in [0.29, 0.717) is 11.3 Å². The second kappa shape index (κ2) is 5.31. The molecule has 0 radical (unpaired) electrons. The third-order valence-corrected chi connectivity index (χ3v) is 2.70. The van der Waals surface area contributed by atoms with E-state index in [0.717, 1.165) is 5.56 Å². The highest BCUT2D eigenvalue weighted by Crippen LogP contribution is 2.12. The Bertz CT molecular complexity index is 522. The number of pyridine rings is 1. The van der Waals surface area contributed by atoms with Crippen molar-refractivity contribution in [2.24, 2.45) is 0 Å². The average molecular weight is 241 g/mol. The maximum Gasteiger partial charge on any atom is 0.251 e. The number of anilines is 1. The van der Waals surface area contributed by atoms with Crippen molar-refractivity contribution < 1.29 is 4.79 Å². The first-order chi connectivity index (χ1) is 8.66. The maximum atomic E-state index is 12.0. The van der Waals surface area contributed by atoms with Gasteiger partial charge < -0.3 is 11.1 Å². The van der Waals surface area contributed by atoms with E-state index in [4.69, 9.17) is 5.73 Å². The number of nitrogens with zero attached hydrogens (tertiary/aromatic N) is 1. The van der Waals surface area contributed by atoms with Crippen molar-refractivity contribution in [1.82, 2.24) is 10.3 Å². The zero-order valence-electron chi connectivity index (χ0n) is 10.1. The Morgan fingerprint density at radius 1 is 1.28 bits per heavy atom. The fourth-order valence-corrected chi connectivity index (χ4v) is 1.63. The van der Waals surface area contributed by atoms with E-state index in [1.54, 1.807) is 36.7 Å². The van der Waals surface area contributed by atoms with Gasteiger partial charge in [0.05, 0.1) is 6.04 Å². The number of amides is 1. The van der Waals surface area contributed by atoms with Gasteiger partial charge in [0, 0.05) is 23.6 Å². The quantitative estimate of drug-likeness (QED) is 0.809. The van der Waals surface area contributed by atoms with Crippen LogP contribution in [0.5, 0.6) is 0 Å². The molecule has 3 N–H and O–H groups in total. The van der Waals surface area contributed by atoms with Crippen molar-refractivity contribution in [1.29, 1.82) is 0 Å². The summed E-state index contributed by atoms with van der Waals surface area (Å²) in [6.45, 7) is 1.92. The number of carbonyl (C=O) groups is 1. The van der Waals surface area contributed by atoms with Gasteiger partial charge in [-0.2, -0.15) is 0 Å². The summed E-state index contributed by atoms with van der Waals surface area (Å²) in [6.07, 6.45) is 3.45. The molecule has 0 saturated carbocycles. The molecule has 18 heavy (non-hydrogen) atoms. The Morgan fingerprint density at radius 3 is 2.61 bits per heavy atom. The van der Waals surface area contributed by atoms with Crippen molar-refractivity contribution >= 4 is 11.6 Å². The van der Waals surface area contributed by atoms with E-state index in [1.807, 2.05) is 19.1 Å². The normalized spacial score (nSPS) is 11.8. The van der Waals surface area contributed by atoms with Crippen LogP contribution in [0, 0.1) is 0 Å². The Labute approximate surface area is 106 Å². The summed E-state index contributed by atoms with van der Waals surface area (Å²) in [5, 5.41) is 2.91. The second-order valence-corrected chi connectivity index (χ2v) is 4.10. The third-order valence-electron chi connectivity index (χ3n) is 2.70. The largest absolute Gasteiger partial charge is 0.399 e. The molecule has 1 heterocycles. The Hall–Kier alpha value is -2.36. The number of nitrogens with two attached hydrogens (primary N) is 1. The minimum Gasteiger partial charge on any atom is -0.399 e. The Morgan fingerprint density at radius 2 is 2.00 bits per heavy atom. The van der Waals surface area contributed by atoms with Crippen molar-refractivity contribution in [2.45, 2.75) is 13.0 Å². The molecule has 0 aliphatic carbocycles. The second-order valence-electron chi connectivity index (χ2n) is 4.10. The number of nitrogen functional groups attached to an aromatic ring is 1. The number of carbonyl (C=O) groups excluding carboxylic acids is 1. The van der Waals surface area contributed by atoms with Crippen LogP contribution in [-0.4, -0.2) is 10.9 Å². The lowest BCUT2D eigenvalue weighted by molar-refractivity contribution is 0.0940. The number of hydrogen-bond acceptors (Lipinski definition) is 3. The molecule has 0 bridgehead atoms. The van der Waals surface area contributed by atoms with Crippen LogP contribution in [0.1, 0.15) is 28.9 Å². The predicted molar refractivity (Wildman–Crippen MR) is 71.0 cm³/mol. The van der Waals surface area contributed by atoms with Gasteiger partial charge in [0.15, 0.2) is 0 Å². The van der Waals surface area contributed by atoms with Gasteiger partial charge >= 0.3 is 0 Å². The van der Waals surface area contributed by atoms with Crippen molar-refractivity contribution in [3.8, 4) is 0 Å². The first-order valence-electron chi connectivity index (χ1n) is 5.73. The first-order valence-corrected chi connectivity index (χ1v) is 5.73. The summed E-state index contributed by atoms with van der Waals surface area (Å²) in [5.74, 6) is -0.119. The molecule has 0 spiro atoms. The molecule has 1 atom stereocenters. The van der Waals surface area contributed by atoms with E-state index < -0.39 is 0 Å². The van der Waals surface area contributed by atoms with Crippen LogP contribution in [0.3, 0.4) is 0 Å². The van der Waals surface area contributed by atoms with Crippen LogP contribution < -0.4 is 11.1 Å². The molecule has 2 rings (SSSR count). The molecule has 92 valence electrons. The predicted octanol–water partition coefficient (Wildman–Crippen LogP) is 2.15. The van der Waals surface area contributed by atoms with E-state index in [1.165, 1.54) is 0 Å². The number of aromatic nitrogens is 1. The molecule has 0 aliphatic heterocycles. The lowest BCUT2D eigenvalue weighted by atomic mass is 10.1. The minimum atomic E-state index is -0.119. The zero-order valence-corrected chi connectivity index (χ0v) is 10.1. The highest BCUT2D eigenvalue weighted by Gasteiger charge is 2.10. The lowest BCUT2D eigenvalue weighted by Crippen LogP contribution is -2.26. The highest BCUT2D eigenvalue weighted by atomic mass is 16.1. The fourth-order valence-electron chi connectivity index (χ4n) is 1.63. The van der Waals surface area contributed by atoms with Gasteiger partial charge in [0.2, 0.25) is 0 Å². The molecule has 0 saturated heterocycles. The lowest BCUT2D eigenvalue weighted by Gasteiger charge is -2.13. The molecule has 1 aromatic heterocycles. The Kier molecular flexibility index (Phi) is 3.57. The van der Waals surface area contributed by atoms with Crippen LogP contribution >= 0.6 is 0 Å². The van der Waals surface area contributed by atoms with Crippen molar-refractivity contribution in [3.05, 3.63) is 59.9 Å². The standard InChI is InChI=1S/C14H15N3O/c1-10(12-3-2-8-16-9-12)17-14(18)11-4-6-13(15)7-5-11/h2-10H,15H2,1H3,(H,17,18)/t10-/m1/s1. The summed E-state index contributed by atoms with van der Waals surface area (Å²) in [6, 6.07) is 10.5. The van der Waals surface area contributed by atoms with Gasteiger partial charge in [-0.15, -0.1) is 0 Å². The fraction of sp³-hybridized carbons (Fsp3) is 0.143. The van der Waals surface area contributed by atoms with E-state index in [-0.39, 0.29) is 11.9 Å².